The van der Waals surface area contributed by atoms with Gasteiger partial charge in [0.2, 0.25) is 0 Å². The fraction of sp³-hybridized carbons (Fsp3) is 0.562. The minimum absolute atomic E-state index is 0.0209. The van der Waals surface area contributed by atoms with Crippen molar-refractivity contribution in [2.75, 3.05) is 13.6 Å². The first-order valence-corrected chi connectivity index (χ1v) is 7.33. The number of likely N-dealkylation sites (N-methyl/N-ethyl adjacent to an activating group) is 1. The summed E-state index contributed by atoms with van der Waals surface area (Å²) in [7, 11) is 1.82. The summed E-state index contributed by atoms with van der Waals surface area (Å²) in [5.41, 5.74) is 1.11. The molecule has 0 heterocycles. The van der Waals surface area contributed by atoms with Gasteiger partial charge in [-0.15, -0.1) is 0 Å². The third-order valence-electron chi connectivity index (χ3n) is 3.51. The van der Waals surface area contributed by atoms with Gasteiger partial charge in [-0.1, -0.05) is 31.9 Å². The van der Waals surface area contributed by atoms with Crippen LogP contribution in [0.3, 0.4) is 0 Å². The van der Waals surface area contributed by atoms with Crippen LogP contribution in [-0.2, 0) is 6.42 Å². The number of aromatic hydroxyl groups is 1. The molecule has 1 aromatic carbocycles. The van der Waals surface area contributed by atoms with Gasteiger partial charge in [0.25, 0.3) is 0 Å². The predicted molar refractivity (Wildman–Crippen MR) is 82.0 cm³/mol. The van der Waals surface area contributed by atoms with Crippen LogP contribution in [0.25, 0.3) is 0 Å². The van der Waals surface area contributed by atoms with Gasteiger partial charge in [-0.25, -0.2) is 4.79 Å². The number of rotatable bonds is 7. The van der Waals surface area contributed by atoms with Crippen molar-refractivity contribution in [3.05, 3.63) is 29.8 Å². The molecule has 1 atom stereocenters. The maximum atomic E-state index is 12.0. The van der Waals surface area contributed by atoms with Crippen molar-refractivity contribution < 1.29 is 9.90 Å². The Morgan fingerprint density at radius 2 is 1.95 bits per heavy atom. The Morgan fingerprint density at radius 1 is 1.30 bits per heavy atom. The molecule has 0 fully saturated rings. The van der Waals surface area contributed by atoms with Crippen molar-refractivity contribution in [1.82, 2.24) is 10.2 Å². The Kier molecular flexibility index (Phi) is 6.91. The zero-order valence-corrected chi connectivity index (χ0v) is 12.7. The molecule has 1 aromatic rings. The van der Waals surface area contributed by atoms with Gasteiger partial charge in [0, 0.05) is 19.6 Å². The number of phenols is 1. The number of carbonyl (C=O) groups excluding carboxylic acids is 1. The summed E-state index contributed by atoms with van der Waals surface area (Å²) < 4.78 is 0. The molecular formula is C16H26N2O2. The maximum Gasteiger partial charge on any atom is 0.317 e. The first kappa shape index (κ1) is 16.3. The van der Waals surface area contributed by atoms with E-state index in [4.69, 9.17) is 0 Å². The van der Waals surface area contributed by atoms with Gasteiger partial charge in [0.1, 0.15) is 5.75 Å². The minimum atomic E-state index is -0.0209. The van der Waals surface area contributed by atoms with Crippen LogP contribution >= 0.6 is 0 Å². The molecule has 0 saturated carbocycles. The Morgan fingerprint density at radius 3 is 2.55 bits per heavy atom. The van der Waals surface area contributed by atoms with Crippen LogP contribution < -0.4 is 5.32 Å². The molecule has 0 spiro atoms. The van der Waals surface area contributed by atoms with Gasteiger partial charge in [-0.3, -0.25) is 0 Å². The van der Waals surface area contributed by atoms with Crippen LogP contribution in [0.5, 0.6) is 5.75 Å². The SMILES string of the molecule is CCCCCNC(=O)N(C)[C@H](C)Cc1ccc(O)cc1. The van der Waals surface area contributed by atoms with Gasteiger partial charge < -0.3 is 15.3 Å². The van der Waals surface area contributed by atoms with E-state index in [0.29, 0.717) is 0 Å². The van der Waals surface area contributed by atoms with E-state index in [-0.39, 0.29) is 17.8 Å². The Labute approximate surface area is 121 Å². The van der Waals surface area contributed by atoms with Crippen molar-refractivity contribution in [2.24, 2.45) is 0 Å². The van der Waals surface area contributed by atoms with E-state index in [1.54, 1.807) is 17.0 Å². The summed E-state index contributed by atoms with van der Waals surface area (Å²) >= 11 is 0. The van der Waals surface area contributed by atoms with E-state index in [1.165, 1.54) is 0 Å². The third-order valence-corrected chi connectivity index (χ3v) is 3.51. The summed E-state index contributed by atoms with van der Waals surface area (Å²) in [6.45, 7) is 4.91. The van der Waals surface area contributed by atoms with Crippen LogP contribution in [0.15, 0.2) is 24.3 Å². The van der Waals surface area contributed by atoms with Crippen molar-refractivity contribution in [2.45, 2.75) is 45.6 Å². The molecular weight excluding hydrogens is 252 g/mol. The van der Waals surface area contributed by atoms with Crippen molar-refractivity contribution >= 4 is 6.03 Å². The van der Waals surface area contributed by atoms with Crippen molar-refractivity contribution in [3.8, 4) is 5.75 Å². The van der Waals surface area contributed by atoms with Crippen LogP contribution in [0.2, 0.25) is 0 Å². The summed E-state index contributed by atoms with van der Waals surface area (Å²) in [5, 5.41) is 12.2. The lowest BCUT2D eigenvalue weighted by Crippen LogP contribution is -2.43. The van der Waals surface area contributed by atoms with E-state index in [9.17, 15) is 9.90 Å². The van der Waals surface area contributed by atoms with E-state index in [1.807, 2.05) is 26.1 Å². The second-order valence-electron chi connectivity index (χ2n) is 5.27. The lowest BCUT2D eigenvalue weighted by atomic mass is 10.1. The molecule has 0 radical (unpaired) electrons. The molecule has 0 unspecified atom stereocenters. The van der Waals surface area contributed by atoms with Gasteiger partial charge in [0.15, 0.2) is 0 Å². The average Bonchev–Trinajstić information content (AvgIpc) is 2.45. The van der Waals surface area contributed by atoms with Crippen LogP contribution in [0, 0.1) is 0 Å². The lowest BCUT2D eigenvalue weighted by Gasteiger charge is -2.25. The van der Waals surface area contributed by atoms with Gasteiger partial charge in [-0.2, -0.15) is 0 Å². The average molecular weight is 278 g/mol. The van der Waals surface area contributed by atoms with E-state index < -0.39 is 0 Å². The number of hydrogen-bond donors (Lipinski definition) is 2. The van der Waals surface area contributed by atoms with Gasteiger partial charge in [0.05, 0.1) is 0 Å². The van der Waals surface area contributed by atoms with E-state index >= 15 is 0 Å². The molecule has 0 aliphatic rings. The number of nitrogens with one attached hydrogen (secondary N) is 1. The third kappa shape index (κ3) is 5.51. The summed E-state index contributed by atoms with van der Waals surface area (Å²) in [4.78, 5) is 13.7. The maximum absolute atomic E-state index is 12.0. The van der Waals surface area contributed by atoms with E-state index in [2.05, 4.69) is 12.2 Å². The normalized spacial score (nSPS) is 11.9. The number of carbonyl (C=O) groups is 1. The summed E-state index contributed by atoms with van der Waals surface area (Å²) in [6, 6.07) is 7.22. The fourth-order valence-electron chi connectivity index (χ4n) is 2.01. The molecule has 0 bridgehead atoms. The molecule has 1 rings (SSSR count). The van der Waals surface area contributed by atoms with Gasteiger partial charge in [-0.05, 0) is 37.5 Å². The van der Waals surface area contributed by atoms with E-state index in [0.717, 1.165) is 37.8 Å². The largest absolute Gasteiger partial charge is 0.508 e. The zero-order valence-electron chi connectivity index (χ0n) is 12.7. The molecule has 0 aromatic heterocycles. The van der Waals surface area contributed by atoms with Crippen LogP contribution in [-0.4, -0.2) is 35.7 Å². The number of benzene rings is 1. The minimum Gasteiger partial charge on any atom is -0.508 e. The molecule has 4 heteroatoms. The highest BCUT2D eigenvalue weighted by Crippen LogP contribution is 2.13. The van der Waals surface area contributed by atoms with Crippen molar-refractivity contribution in [3.63, 3.8) is 0 Å². The predicted octanol–water partition coefficient (Wildman–Crippen LogP) is 3.15. The van der Waals surface area contributed by atoms with Crippen molar-refractivity contribution in [1.29, 1.82) is 0 Å². The number of amides is 2. The number of unbranched alkanes of at least 4 members (excludes halogenated alkanes) is 2. The fourth-order valence-corrected chi connectivity index (χ4v) is 2.01. The highest BCUT2D eigenvalue weighted by molar-refractivity contribution is 5.74. The topological polar surface area (TPSA) is 52.6 Å². The molecule has 2 amide bonds. The molecule has 20 heavy (non-hydrogen) atoms. The summed E-state index contributed by atoms with van der Waals surface area (Å²) in [6.07, 6.45) is 4.11. The number of hydrogen-bond acceptors (Lipinski definition) is 2. The first-order valence-electron chi connectivity index (χ1n) is 7.33. The highest BCUT2D eigenvalue weighted by atomic mass is 16.3. The Balaban J connectivity index is 2.39. The number of phenolic OH excluding ortho intramolecular Hbond substituents is 1. The first-order chi connectivity index (χ1) is 9.54. The molecule has 0 aliphatic carbocycles. The number of nitrogens with zero attached hydrogens (tertiary/aromatic N) is 1. The second kappa shape index (κ2) is 8.46. The molecule has 0 saturated heterocycles. The molecule has 2 N–H and O–H groups in total. The summed E-state index contributed by atoms with van der Waals surface area (Å²) in [5.74, 6) is 0.267. The lowest BCUT2D eigenvalue weighted by molar-refractivity contribution is 0.193. The smallest absolute Gasteiger partial charge is 0.317 e. The zero-order chi connectivity index (χ0) is 15.0. The van der Waals surface area contributed by atoms with Crippen LogP contribution in [0.4, 0.5) is 4.79 Å². The standard InChI is InChI=1S/C16H26N2O2/c1-4-5-6-11-17-16(20)18(3)13(2)12-14-7-9-15(19)10-8-14/h7-10,13,19H,4-6,11-12H2,1-3H3,(H,17,20)/t13-/m1/s1. The molecule has 4 nitrogen and oxygen atoms in total. The van der Waals surface area contributed by atoms with Crippen LogP contribution in [0.1, 0.15) is 38.7 Å². The molecule has 112 valence electrons. The highest BCUT2D eigenvalue weighted by Gasteiger charge is 2.15. The molecule has 0 aliphatic heterocycles. The monoisotopic (exact) mass is 278 g/mol. The Bertz CT molecular complexity index is 403. The van der Waals surface area contributed by atoms with Gasteiger partial charge >= 0.3 is 6.03 Å². The Hall–Kier alpha value is -1.71. The number of urea groups is 1. The quantitative estimate of drug-likeness (QED) is 0.753. The second-order valence-corrected chi connectivity index (χ2v) is 5.27.